The average molecular weight is 1210 g/mol. The highest BCUT2D eigenvalue weighted by Crippen LogP contribution is 2.35. The van der Waals surface area contributed by atoms with Crippen molar-refractivity contribution >= 4 is 82.9 Å². The standard InChI is InChI=1S/C62H68BF2N11O10S/c1-4-33-73-58-56(61(83)74(34-5-2)62(73)84)71-57(72-58)43-17-27-49(28-18-43)86-39-55(80)67-31-32-68-59(81)40(3)69-60(82)50(36-42-13-23-47(77)24-14-42)70-53(78)11-7-6-8-30-66-54(79)38-85-48-25-15-41(16-26-48)12-19-44-20-21-45-37-46-22-29-51(52-10-9-35-87-52)76(46)63(64,65)75(44)45/h9-10,12-29,35,37,40,50,77H,4-8,11,30-34,36,38-39H2,1-3H3,(H,66,79)(H,67,80)(H,68,81)(H,69,82)(H,70,78)(H,71,72)/b19-12+/t40-,50-/m0/s1. The number of allylic oxidation sites excluding steroid dienone is 2. The van der Waals surface area contributed by atoms with Gasteiger partial charge in [-0.1, -0.05) is 56.7 Å². The Bertz CT molecular complexity index is 3890. The molecular weight excluding hydrogens is 1140 g/mol. The molecule has 0 radical (unpaired) electrons. The van der Waals surface area contributed by atoms with Crippen LogP contribution in [-0.4, -0.2) is 120 Å². The van der Waals surface area contributed by atoms with E-state index in [9.17, 15) is 38.7 Å². The number of nitrogens with one attached hydrogen (secondary N) is 6. The van der Waals surface area contributed by atoms with Crippen molar-refractivity contribution in [1.82, 2.24) is 50.2 Å². The van der Waals surface area contributed by atoms with Crippen LogP contribution in [0.15, 0.2) is 130 Å². The summed E-state index contributed by atoms with van der Waals surface area (Å²) in [5.74, 6) is -1.06. The number of hydrogen-bond acceptors (Lipinski definition) is 12. The summed E-state index contributed by atoms with van der Waals surface area (Å²) < 4.78 is 48.7. The maximum Gasteiger partial charge on any atom is 0.737 e. The van der Waals surface area contributed by atoms with Crippen LogP contribution in [-0.2, 0) is 43.5 Å². The fourth-order valence-electron chi connectivity index (χ4n) is 10.1. The van der Waals surface area contributed by atoms with Crippen molar-refractivity contribution in [3.8, 4) is 28.6 Å². The van der Waals surface area contributed by atoms with Gasteiger partial charge in [0.15, 0.2) is 30.3 Å². The SMILES string of the molecule is CCCn1c(=O)c2[nH]c(-c3ccc(OCC(=O)NCCNC(=O)[C@H](C)NC(=O)[C@H](Cc4ccc(O)cc4)NC(=O)CCCCCNC(=O)COc4ccc(/C=C/c5ccc6n5[B-](F)(F)[N+]5=C(c7cccs7)C=CC5=C6)cc4)cc3)nc2n(CCC)c1=O. The van der Waals surface area contributed by atoms with Crippen LogP contribution in [0.2, 0.25) is 0 Å². The molecule has 2 aliphatic heterocycles. The van der Waals surface area contributed by atoms with Crippen molar-refractivity contribution in [3.63, 3.8) is 0 Å². The smallest absolute Gasteiger partial charge is 0.508 e. The molecule has 0 aliphatic carbocycles. The van der Waals surface area contributed by atoms with Gasteiger partial charge in [-0.3, -0.25) is 37.9 Å². The zero-order valence-corrected chi connectivity index (χ0v) is 49.2. The lowest BCUT2D eigenvalue weighted by Gasteiger charge is -2.30. The first-order chi connectivity index (χ1) is 42.0. The van der Waals surface area contributed by atoms with E-state index in [4.69, 9.17) is 9.47 Å². The Morgan fingerprint density at radius 1 is 0.759 bits per heavy atom. The Morgan fingerprint density at radius 2 is 1.44 bits per heavy atom. The van der Waals surface area contributed by atoms with Gasteiger partial charge < -0.3 is 63.7 Å². The van der Waals surface area contributed by atoms with Gasteiger partial charge in [0.05, 0.1) is 4.88 Å². The number of nitrogens with zero attached hydrogens (tertiary/aromatic N) is 5. The summed E-state index contributed by atoms with van der Waals surface area (Å²) >= 11 is 1.41. The van der Waals surface area contributed by atoms with E-state index in [2.05, 4.69) is 36.6 Å². The Balaban J connectivity index is 0.656. The topological polar surface area (TPSA) is 265 Å². The van der Waals surface area contributed by atoms with Gasteiger partial charge in [0.2, 0.25) is 17.7 Å². The number of phenols is 1. The minimum absolute atomic E-state index is 0.0275. The number of carbonyl (C=O) groups is 5. The number of amides is 5. The third-order valence-electron chi connectivity index (χ3n) is 14.5. The molecule has 454 valence electrons. The Morgan fingerprint density at radius 3 is 2.13 bits per heavy atom. The Kier molecular flexibility index (Phi) is 20.3. The number of aromatic hydroxyl groups is 1. The number of aromatic nitrogens is 5. The lowest BCUT2D eigenvalue weighted by Crippen LogP contribution is -2.53. The molecule has 7 N–H and O–H groups in total. The van der Waals surface area contributed by atoms with E-state index in [1.54, 1.807) is 103 Å². The van der Waals surface area contributed by atoms with Crippen molar-refractivity contribution in [2.45, 2.75) is 90.9 Å². The molecule has 0 saturated heterocycles. The molecule has 0 bridgehead atoms. The number of carbonyl (C=O) groups excluding carboxylic acids is 5. The number of phenolic OH excluding ortho intramolecular Hbond substituents is 1. The van der Waals surface area contributed by atoms with Gasteiger partial charge in [0.1, 0.15) is 40.7 Å². The van der Waals surface area contributed by atoms with Gasteiger partial charge in [-0.2, -0.15) is 0 Å². The fourth-order valence-corrected chi connectivity index (χ4v) is 10.9. The second-order valence-electron chi connectivity index (χ2n) is 21.0. The number of thiophene rings is 1. The maximum atomic E-state index is 16.2. The third-order valence-corrected chi connectivity index (χ3v) is 15.4. The molecule has 0 saturated carbocycles. The van der Waals surface area contributed by atoms with Crippen molar-refractivity contribution < 1.29 is 51.7 Å². The molecule has 2 aliphatic rings. The molecule has 0 spiro atoms. The highest BCUT2D eigenvalue weighted by Gasteiger charge is 2.52. The van der Waals surface area contributed by atoms with Crippen molar-refractivity contribution in [1.29, 1.82) is 0 Å². The zero-order valence-electron chi connectivity index (χ0n) is 48.4. The number of ether oxygens (including phenoxy) is 2. The molecule has 21 nitrogen and oxygen atoms in total. The van der Waals surface area contributed by atoms with Crippen LogP contribution >= 0.6 is 11.3 Å². The summed E-state index contributed by atoms with van der Waals surface area (Å²) in [6.07, 6.45) is 11.7. The van der Waals surface area contributed by atoms with Gasteiger partial charge in [0, 0.05) is 80.7 Å². The Labute approximate surface area is 503 Å². The molecule has 25 heteroatoms. The van der Waals surface area contributed by atoms with Crippen LogP contribution in [0.1, 0.15) is 86.7 Å². The molecule has 5 amide bonds. The minimum atomic E-state index is -4.17. The van der Waals surface area contributed by atoms with Crippen LogP contribution in [0.3, 0.4) is 0 Å². The van der Waals surface area contributed by atoms with E-state index in [0.29, 0.717) is 103 Å². The van der Waals surface area contributed by atoms with Crippen LogP contribution in [0.5, 0.6) is 17.2 Å². The number of halogens is 2. The molecule has 6 heterocycles. The number of aromatic amines is 1. The molecule has 4 aromatic heterocycles. The third kappa shape index (κ3) is 15.3. The number of hydrogen-bond donors (Lipinski definition) is 7. The monoisotopic (exact) mass is 1210 g/mol. The molecular formula is C62H68BF2N11O10S. The van der Waals surface area contributed by atoms with Gasteiger partial charge in [-0.25, -0.2) is 9.78 Å². The minimum Gasteiger partial charge on any atom is -0.508 e. The van der Waals surface area contributed by atoms with Crippen LogP contribution in [0.4, 0.5) is 8.63 Å². The van der Waals surface area contributed by atoms with Crippen molar-refractivity contribution in [3.05, 3.63) is 169 Å². The van der Waals surface area contributed by atoms with E-state index in [0.717, 1.165) is 19.4 Å². The number of rotatable bonds is 29. The van der Waals surface area contributed by atoms with Crippen LogP contribution < -0.4 is 47.3 Å². The zero-order chi connectivity index (χ0) is 61.6. The number of H-pyrrole nitrogens is 1. The number of aryl methyl sites for hydroxylation is 1. The lowest BCUT2D eigenvalue weighted by molar-refractivity contribution is -0.360. The van der Waals surface area contributed by atoms with Crippen LogP contribution in [0.25, 0.3) is 40.8 Å². The second-order valence-corrected chi connectivity index (χ2v) is 21.9. The highest BCUT2D eigenvalue weighted by atomic mass is 32.1. The predicted octanol–water partition coefficient (Wildman–Crippen LogP) is 6.36. The molecule has 9 rings (SSSR count). The summed E-state index contributed by atoms with van der Waals surface area (Å²) in [7, 11) is 0. The summed E-state index contributed by atoms with van der Waals surface area (Å²) in [5.41, 5.74) is 3.42. The summed E-state index contributed by atoms with van der Waals surface area (Å²) in [4.78, 5) is 99.7. The summed E-state index contributed by atoms with van der Waals surface area (Å²) in [5, 5.41) is 25.3. The molecule has 7 aromatic rings. The first-order valence-corrected chi connectivity index (χ1v) is 29.8. The molecule has 2 atom stereocenters. The van der Waals surface area contributed by atoms with Crippen LogP contribution in [0, 0.1) is 0 Å². The molecule has 0 unspecified atom stereocenters. The molecule has 87 heavy (non-hydrogen) atoms. The van der Waals surface area contributed by atoms with E-state index < -0.39 is 53.9 Å². The predicted molar refractivity (Wildman–Crippen MR) is 329 cm³/mol. The summed E-state index contributed by atoms with van der Waals surface area (Å²) in [6.45, 7) is 1.72. The average Bonchev–Trinajstić information content (AvgIpc) is 1.65. The number of fused-ring (bicyclic) bond motifs is 3. The van der Waals surface area contributed by atoms with Gasteiger partial charge in [-0.15, -0.1) is 11.3 Å². The summed E-state index contributed by atoms with van der Waals surface area (Å²) in [6, 6.07) is 24.8. The van der Waals surface area contributed by atoms with Gasteiger partial charge in [0.25, 0.3) is 17.4 Å². The fraction of sp³-hybridized carbons (Fsp3) is 0.306. The highest BCUT2D eigenvalue weighted by molar-refractivity contribution is 7.12. The number of imidazole rings is 1. The van der Waals surface area contributed by atoms with E-state index in [-0.39, 0.29) is 62.0 Å². The number of benzene rings is 3. The first kappa shape index (κ1) is 61.9. The molecule has 3 aromatic carbocycles. The largest absolute Gasteiger partial charge is 0.737 e. The van der Waals surface area contributed by atoms with E-state index >= 15 is 8.63 Å². The van der Waals surface area contributed by atoms with Crippen molar-refractivity contribution in [2.75, 3.05) is 32.8 Å². The quantitative estimate of drug-likeness (QED) is 0.0200. The van der Waals surface area contributed by atoms with E-state index in [1.165, 1.54) is 39.5 Å². The maximum absolute atomic E-state index is 16.2. The lowest BCUT2D eigenvalue weighted by atomic mass is 9.90. The first-order valence-electron chi connectivity index (χ1n) is 28.9. The molecule has 0 fully saturated rings. The second kappa shape index (κ2) is 28.5. The van der Waals surface area contributed by atoms with Gasteiger partial charge in [-0.05, 0) is 122 Å². The Hall–Kier alpha value is -9.65. The normalized spacial score (nSPS) is 13.8. The number of unbranched alkanes of at least 4 members (excludes halogenated alkanes) is 2. The van der Waals surface area contributed by atoms with Crippen molar-refractivity contribution in [2.24, 2.45) is 0 Å². The van der Waals surface area contributed by atoms with Gasteiger partial charge >= 0.3 is 12.7 Å². The van der Waals surface area contributed by atoms with E-state index in [1.807, 2.05) is 31.4 Å².